The molecule has 0 saturated carbocycles. The number of ether oxygens (including phenoxy) is 3. The molecule has 0 unspecified atom stereocenters. The zero-order valence-electron chi connectivity index (χ0n) is 20.9. The highest BCUT2D eigenvalue weighted by Crippen LogP contribution is 2.41. The summed E-state index contributed by atoms with van der Waals surface area (Å²) in [5, 5.41) is 14.6. The van der Waals surface area contributed by atoms with Gasteiger partial charge >= 0.3 is 0 Å². The first-order valence-electron chi connectivity index (χ1n) is 11.1. The number of benzene rings is 2. The van der Waals surface area contributed by atoms with Crippen molar-refractivity contribution < 1.29 is 23.8 Å². The summed E-state index contributed by atoms with van der Waals surface area (Å²) in [6.45, 7) is 5.66. The van der Waals surface area contributed by atoms with E-state index in [9.17, 15) is 9.59 Å². The van der Waals surface area contributed by atoms with Crippen molar-refractivity contribution in [3.8, 4) is 17.2 Å². The molecule has 2 aromatic rings. The van der Waals surface area contributed by atoms with Gasteiger partial charge in [-0.3, -0.25) is 9.59 Å². The van der Waals surface area contributed by atoms with E-state index in [0.717, 1.165) is 0 Å². The van der Waals surface area contributed by atoms with Crippen LogP contribution in [0.1, 0.15) is 44.0 Å². The maximum Gasteiger partial charge on any atom is 0.250 e. The number of carbonyl (C=O) groups excluding carboxylic acids is 2. The van der Waals surface area contributed by atoms with Crippen molar-refractivity contribution in [1.82, 2.24) is 0 Å². The molecular formula is C26H32N4O5. The van der Waals surface area contributed by atoms with E-state index >= 15 is 0 Å². The summed E-state index contributed by atoms with van der Waals surface area (Å²) in [5.41, 5.74) is 8.66. The van der Waals surface area contributed by atoms with Crippen molar-refractivity contribution in [3.05, 3.63) is 47.2 Å². The van der Waals surface area contributed by atoms with Gasteiger partial charge in [0.1, 0.15) is 0 Å². The third kappa shape index (κ3) is 5.56. The van der Waals surface area contributed by atoms with Gasteiger partial charge in [-0.05, 0) is 37.0 Å². The SMILES string of the molecule is COc1cc(Nc2cc(NC3=C(C(C)=N)C(=O)CC(C)(C)C3)ccc2C(N)=O)cc(OC)c1OC. The number of ketones is 1. The van der Waals surface area contributed by atoms with Crippen LogP contribution in [0.3, 0.4) is 0 Å². The minimum absolute atomic E-state index is 0.0548. The fourth-order valence-electron chi connectivity index (χ4n) is 4.29. The topological polar surface area (TPSA) is 136 Å². The molecule has 1 amide bonds. The molecule has 35 heavy (non-hydrogen) atoms. The van der Waals surface area contributed by atoms with Gasteiger partial charge in [0.15, 0.2) is 17.3 Å². The van der Waals surface area contributed by atoms with Gasteiger partial charge in [-0.25, -0.2) is 0 Å². The lowest BCUT2D eigenvalue weighted by Crippen LogP contribution is -2.30. The van der Waals surface area contributed by atoms with Gasteiger partial charge in [0, 0.05) is 41.3 Å². The molecule has 0 bridgehead atoms. The molecule has 0 spiro atoms. The van der Waals surface area contributed by atoms with Gasteiger partial charge in [0.25, 0.3) is 5.91 Å². The quantitative estimate of drug-likeness (QED) is 0.384. The Kier molecular flexibility index (Phi) is 7.38. The van der Waals surface area contributed by atoms with Crippen molar-refractivity contribution in [2.24, 2.45) is 11.1 Å². The number of hydrogen-bond acceptors (Lipinski definition) is 8. The minimum atomic E-state index is -0.601. The summed E-state index contributed by atoms with van der Waals surface area (Å²) < 4.78 is 16.2. The van der Waals surface area contributed by atoms with Gasteiger partial charge in [-0.2, -0.15) is 0 Å². The Morgan fingerprint density at radius 3 is 2.11 bits per heavy atom. The van der Waals surface area contributed by atoms with Crippen LogP contribution in [0.5, 0.6) is 17.2 Å². The van der Waals surface area contributed by atoms with E-state index in [1.54, 1.807) is 37.3 Å². The van der Waals surface area contributed by atoms with Gasteiger partial charge in [-0.1, -0.05) is 13.8 Å². The molecule has 186 valence electrons. The van der Waals surface area contributed by atoms with Crippen LogP contribution in [-0.2, 0) is 4.79 Å². The van der Waals surface area contributed by atoms with Crippen molar-refractivity contribution in [1.29, 1.82) is 5.41 Å². The van der Waals surface area contributed by atoms with E-state index in [0.29, 0.717) is 58.4 Å². The fourth-order valence-corrected chi connectivity index (χ4v) is 4.29. The molecular weight excluding hydrogens is 448 g/mol. The molecule has 0 aliphatic heterocycles. The zero-order chi connectivity index (χ0) is 25.9. The standard InChI is InChI=1S/C26H32N4O5/c1-14(27)23-19(12-26(2,3)13-20(23)31)29-15-7-8-17(25(28)32)18(9-15)30-16-10-21(33-4)24(35-6)22(11-16)34-5/h7-11,27,29-30H,12-13H2,1-6H3,(H2,28,32). The number of carbonyl (C=O) groups is 2. The molecule has 5 N–H and O–H groups in total. The number of primary amides is 1. The van der Waals surface area contributed by atoms with E-state index < -0.39 is 5.91 Å². The maximum absolute atomic E-state index is 12.7. The van der Waals surface area contributed by atoms with E-state index in [1.807, 2.05) is 13.8 Å². The smallest absolute Gasteiger partial charge is 0.250 e. The number of nitrogens with one attached hydrogen (secondary N) is 3. The summed E-state index contributed by atoms with van der Waals surface area (Å²) in [6.07, 6.45) is 0.996. The van der Waals surface area contributed by atoms with Crippen LogP contribution < -0.4 is 30.6 Å². The first-order chi connectivity index (χ1) is 16.5. The van der Waals surface area contributed by atoms with Gasteiger partial charge in [0.2, 0.25) is 5.75 Å². The average Bonchev–Trinajstić information content (AvgIpc) is 2.76. The normalized spacial score (nSPS) is 14.9. The molecule has 1 aliphatic carbocycles. The van der Waals surface area contributed by atoms with Crippen LogP contribution >= 0.6 is 0 Å². The molecule has 2 aromatic carbocycles. The number of Topliss-reactive ketones (excluding diaryl/α,β-unsaturated/α-hetero) is 1. The Bertz CT molecular complexity index is 1190. The highest BCUT2D eigenvalue weighted by atomic mass is 16.5. The number of amides is 1. The van der Waals surface area contributed by atoms with Crippen LogP contribution in [0, 0.1) is 10.8 Å². The van der Waals surface area contributed by atoms with Crippen molar-refractivity contribution in [2.75, 3.05) is 32.0 Å². The monoisotopic (exact) mass is 480 g/mol. The lowest BCUT2D eigenvalue weighted by Gasteiger charge is -2.32. The number of nitrogens with two attached hydrogens (primary N) is 1. The number of methoxy groups -OCH3 is 3. The first kappa shape index (κ1) is 25.6. The predicted molar refractivity (Wildman–Crippen MR) is 136 cm³/mol. The highest BCUT2D eigenvalue weighted by molar-refractivity contribution is 6.22. The average molecular weight is 481 g/mol. The second kappa shape index (κ2) is 10.1. The molecule has 3 rings (SSSR count). The Balaban J connectivity index is 2.04. The summed E-state index contributed by atoms with van der Waals surface area (Å²) in [4.78, 5) is 24.9. The van der Waals surface area contributed by atoms with Crippen molar-refractivity contribution >= 4 is 34.5 Å². The van der Waals surface area contributed by atoms with E-state index in [2.05, 4.69) is 10.6 Å². The largest absolute Gasteiger partial charge is 0.493 e. The van der Waals surface area contributed by atoms with Crippen LogP contribution in [0.15, 0.2) is 41.6 Å². The van der Waals surface area contributed by atoms with E-state index in [1.165, 1.54) is 21.3 Å². The molecule has 0 saturated heterocycles. The Morgan fingerprint density at radius 1 is 0.971 bits per heavy atom. The van der Waals surface area contributed by atoms with Crippen molar-refractivity contribution in [3.63, 3.8) is 0 Å². The van der Waals surface area contributed by atoms with Gasteiger partial charge < -0.3 is 36.0 Å². The number of anilines is 3. The second-order valence-electron chi connectivity index (χ2n) is 9.21. The third-order valence-corrected chi connectivity index (χ3v) is 5.77. The van der Waals surface area contributed by atoms with Gasteiger partial charge in [0.05, 0.1) is 38.2 Å². The minimum Gasteiger partial charge on any atom is -0.493 e. The molecule has 1 aliphatic rings. The molecule has 0 heterocycles. The van der Waals surface area contributed by atoms with Crippen LogP contribution in [-0.4, -0.2) is 38.7 Å². The predicted octanol–water partition coefficient (Wildman–Crippen LogP) is 4.65. The lowest BCUT2D eigenvalue weighted by molar-refractivity contribution is -0.117. The second-order valence-corrected chi connectivity index (χ2v) is 9.21. The van der Waals surface area contributed by atoms with E-state index in [4.69, 9.17) is 25.4 Å². The molecule has 0 atom stereocenters. The maximum atomic E-state index is 12.7. The number of rotatable bonds is 9. The third-order valence-electron chi connectivity index (χ3n) is 5.77. The summed E-state index contributed by atoms with van der Waals surface area (Å²) in [5.74, 6) is 0.681. The summed E-state index contributed by atoms with van der Waals surface area (Å²) >= 11 is 0. The lowest BCUT2D eigenvalue weighted by atomic mass is 9.75. The number of allylic oxidation sites excluding steroid dienone is 2. The summed E-state index contributed by atoms with van der Waals surface area (Å²) in [6, 6.07) is 8.50. The fraction of sp³-hybridized carbons (Fsp3) is 0.346. The molecule has 0 fully saturated rings. The van der Waals surface area contributed by atoms with Crippen LogP contribution in [0.2, 0.25) is 0 Å². The van der Waals surface area contributed by atoms with E-state index in [-0.39, 0.29) is 22.5 Å². The van der Waals surface area contributed by atoms with Gasteiger partial charge in [-0.15, -0.1) is 0 Å². The Hall–Kier alpha value is -4.01. The first-order valence-corrected chi connectivity index (χ1v) is 11.1. The Labute approximate surface area is 205 Å². The molecule has 0 aromatic heterocycles. The molecule has 9 nitrogen and oxygen atoms in total. The number of hydrogen-bond donors (Lipinski definition) is 4. The van der Waals surface area contributed by atoms with Crippen LogP contribution in [0.4, 0.5) is 17.1 Å². The van der Waals surface area contributed by atoms with Crippen molar-refractivity contribution in [2.45, 2.75) is 33.6 Å². The zero-order valence-corrected chi connectivity index (χ0v) is 20.9. The highest BCUT2D eigenvalue weighted by Gasteiger charge is 2.33. The Morgan fingerprint density at radius 2 is 1.60 bits per heavy atom. The summed E-state index contributed by atoms with van der Waals surface area (Å²) in [7, 11) is 4.55. The molecule has 0 radical (unpaired) electrons. The molecule has 9 heteroatoms. The van der Waals surface area contributed by atoms with Crippen LogP contribution in [0.25, 0.3) is 0 Å².